The maximum absolute atomic E-state index is 2.41. The summed E-state index contributed by atoms with van der Waals surface area (Å²) >= 11 is 0. The first-order valence-electron chi connectivity index (χ1n) is 26.5. The molecule has 0 aromatic heterocycles. The molecule has 1 rings (SSSR count). The predicted molar refractivity (Wildman–Crippen MR) is 253 cm³/mol. The van der Waals surface area contributed by atoms with Crippen LogP contribution < -0.4 is 0 Å². The van der Waals surface area contributed by atoms with E-state index in [2.05, 4.69) is 69.2 Å². The van der Waals surface area contributed by atoms with Crippen LogP contribution >= 0.6 is 0 Å². The molecule has 0 aromatic rings. The van der Waals surface area contributed by atoms with Crippen molar-refractivity contribution in [3.63, 3.8) is 0 Å². The lowest BCUT2D eigenvalue weighted by Gasteiger charge is -2.28. The molecule has 0 aliphatic heterocycles. The van der Waals surface area contributed by atoms with E-state index in [9.17, 15) is 0 Å². The van der Waals surface area contributed by atoms with Crippen molar-refractivity contribution in [2.75, 3.05) is 0 Å². The van der Waals surface area contributed by atoms with Crippen molar-refractivity contribution in [3.05, 3.63) is 0 Å². The standard InChI is InChI=1S/C55H110/c1-46(2)36-26-16-11-21-31-41-51-52(42-32-22-12-17-27-37-47(3)4)54(44-34-24-14-19-29-39-49(7)8)55(45-35-25-15-20-30-40-50(9)10)53(51)43-33-23-13-18-28-38-48(5)6/h46-55H,11-45H2,1-10H3. The molecule has 0 N–H and O–H groups in total. The van der Waals surface area contributed by atoms with Gasteiger partial charge in [-0.2, -0.15) is 0 Å². The van der Waals surface area contributed by atoms with Gasteiger partial charge in [0.05, 0.1) is 0 Å². The van der Waals surface area contributed by atoms with E-state index in [1.54, 1.807) is 32.1 Å². The van der Waals surface area contributed by atoms with Gasteiger partial charge < -0.3 is 0 Å². The van der Waals surface area contributed by atoms with E-state index < -0.39 is 0 Å². The Labute approximate surface area is 351 Å². The van der Waals surface area contributed by atoms with E-state index in [-0.39, 0.29) is 0 Å². The van der Waals surface area contributed by atoms with Crippen LogP contribution in [0.2, 0.25) is 0 Å². The molecule has 0 nitrogen and oxygen atoms in total. The second-order valence-corrected chi connectivity index (χ2v) is 22.0. The zero-order chi connectivity index (χ0) is 40.5. The van der Waals surface area contributed by atoms with E-state index >= 15 is 0 Å². The Balaban J connectivity index is 3.12. The SMILES string of the molecule is CC(C)CCCCCCCC1C(CCCCCCCC(C)C)C(CCCCCCCC(C)C)C(CCCCCCCC(C)C)C1CCCCCCCC(C)C. The minimum Gasteiger partial charge on any atom is -0.0628 e. The summed E-state index contributed by atoms with van der Waals surface area (Å²) in [6, 6.07) is 0. The lowest BCUT2D eigenvalue weighted by Crippen LogP contribution is -2.18. The molecule has 0 bridgehead atoms. The summed E-state index contributed by atoms with van der Waals surface area (Å²) in [4.78, 5) is 0. The van der Waals surface area contributed by atoms with Crippen molar-refractivity contribution >= 4 is 0 Å². The third-order valence-electron chi connectivity index (χ3n) is 14.3. The first-order valence-corrected chi connectivity index (χ1v) is 26.5. The molecule has 1 fully saturated rings. The van der Waals surface area contributed by atoms with Crippen LogP contribution in [0, 0.1) is 59.2 Å². The summed E-state index contributed by atoms with van der Waals surface area (Å²) < 4.78 is 0. The third kappa shape index (κ3) is 29.8. The smallest absolute Gasteiger partial charge is 0.0352 e. The van der Waals surface area contributed by atoms with Crippen LogP contribution in [-0.4, -0.2) is 0 Å². The fourth-order valence-corrected chi connectivity index (χ4v) is 11.0. The van der Waals surface area contributed by atoms with Crippen LogP contribution in [0.4, 0.5) is 0 Å². The fourth-order valence-electron chi connectivity index (χ4n) is 11.0. The second-order valence-electron chi connectivity index (χ2n) is 22.0. The molecule has 1 saturated carbocycles. The number of unbranched alkanes of at least 4 members (excludes halogenated alkanes) is 20. The van der Waals surface area contributed by atoms with Crippen LogP contribution in [0.15, 0.2) is 0 Å². The minimum atomic E-state index is 0.874. The quantitative estimate of drug-likeness (QED) is 0.0545. The maximum atomic E-state index is 2.41. The number of hydrogen-bond donors (Lipinski definition) is 0. The van der Waals surface area contributed by atoms with E-state index in [0.29, 0.717) is 0 Å². The molecule has 0 amide bonds. The molecule has 0 atom stereocenters. The van der Waals surface area contributed by atoms with Crippen molar-refractivity contribution < 1.29 is 0 Å². The van der Waals surface area contributed by atoms with Crippen molar-refractivity contribution in [2.45, 2.75) is 294 Å². The number of rotatable bonds is 40. The van der Waals surface area contributed by atoms with E-state index in [1.807, 2.05) is 0 Å². The van der Waals surface area contributed by atoms with Gasteiger partial charge in [0.2, 0.25) is 0 Å². The molecule has 0 spiro atoms. The summed E-state index contributed by atoms with van der Waals surface area (Å²) in [7, 11) is 0. The lowest BCUT2D eigenvalue weighted by atomic mass is 9.78. The summed E-state index contributed by atoms with van der Waals surface area (Å²) in [5.41, 5.74) is 0. The maximum Gasteiger partial charge on any atom is -0.0352 e. The topological polar surface area (TPSA) is 0 Å². The lowest BCUT2D eigenvalue weighted by molar-refractivity contribution is 0.224. The average molecular weight is 771 g/mol. The Hall–Kier alpha value is 0. The zero-order valence-corrected chi connectivity index (χ0v) is 40.5. The van der Waals surface area contributed by atoms with E-state index in [0.717, 1.165) is 59.2 Å². The van der Waals surface area contributed by atoms with E-state index in [1.165, 1.54) is 193 Å². The molecule has 330 valence electrons. The molecule has 0 aromatic carbocycles. The Morgan fingerprint density at radius 1 is 0.182 bits per heavy atom. The summed E-state index contributed by atoms with van der Waals surface area (Å²) in [5.74, 6) is 9.53. The largest absolute Gasteiger partial charge is 0.0628 e. The number of hydrogen-bond acceptors (Lipinski definition) is 0. The van der Waals surface area contributed by atoms with Crippen LogP contribution in [0.1, 0.15) is 294 Å². The Kier molecular flexibility index (Phi) is 34.6. The van der Waals surface area contributed by atoms with Crippen molar-refractivity contribution in [1.29, 1.82) is 0 Å². The molecule has 0 radical (unpaired) electrons. The highest BCUT2D eigenvalue weighted by Gasteiger charge is 2.47. The van der Waals surface area contributed by atoms with Gasteiger partial charge in [-0.1, -0.05) is 262 Å². The van der Waals surface area contributed by atoms with Gasteiger partial charge in [-0.05, 0) is 91.3 Å². The van der Waals surface area contributed by atoms with Crippen molar-refractivity contribution in [1.82, 2.24) is 0 Å². The monoisotopic (exact) mass is 771 g/mol. The third-order valence-corrected chi connectivity index (χ3v) is 14.3. The van der Waals surface area contributed by atoms with Crippen LogP contribution in [0.5, 0.6) is 0 Å². The summed E-state index contributed by atoms with van der Waals surface area (Å²) in [6.07, 6.45) is 52.2. The molecule has 55 heavy (non-hydrogen) atoms. The molecule has 0 heterocycles. The van der Waals surface area contributed by atoms with Gasteiger partial charge in [-0.15, -0.1) is 0 Å². The van der Waals surface area contributed by atoms with Gasteiger partial charge in [0.15, 0.2) is 0 Å². The van der Waals surface area contributed by atoms with Gasteiger partial charge in [-0.25, -0.2) is 0 Å². The molecule has 1 aliphatic carbocycles. The minimum absolute atomic E-state index is 0.874. The van der Waals surface area contributed by atoms with Crippen molar-refractivity contribution in [3.8, 4) is 0 Å². The van der Waals surface area contributed by atoms with E-state index in [4.69, 9.17) is 0 Å². The van der Waals surface area contributed by atoms with Crippen LogP contribution in [-0.2, 0) is 0 Å². The Morgan fingerprint density at radius 2 is 0.309 bits per heavy atom. The summed E-state index contributed by atoms with van der Waals surface area (Å²) in [5, 5.41) is 0. The van der Waals surface area contributed by atoms with Gasteiger partial charge in [0, 0.05) is 0 Å². The highest BCUT2D eigenvalue weighted by atomic mass is 14.5. The Morgan fingerprint density at radius 3 is 0.455 bits per heavy atom. The Bertz CT molecular complexity index is 612. The molecular formula is C55H110. The first-order chi connectivity index (χ1) is 26.5. The van der Waals surface area contributed by atoms with Crippen LogP contribution in [0.3, 0.4) is 0 Å². The average Bonchev–Trinajstić information content (AvgIpc) is 3.39. The summed E-state index contributed by atoms with van der Waals surface area (Å²) in [6.45, 7) is 24.1. The van der Waals surface area contributed by atoms with Gasteiger partial charge >= 0.3 is 0 Å². The molecule has 0 unspecified atom stereocenters. The fraction of sp³-hybridized carbons (Fsp3) is 1.00. The zero-order valence-electron chi connectivity index (χ0n) is 40.5. The highest BCUT2D eigenvalue weighted by Crippen LogP contribution is 2.55. The van der Waals surface area contributed by atoms with Crippen LogP contribution in [0.25, 0.3) is 0 Å². The predicted octanol–water partition coefficient (Wildman–Crippen LogP) is 20.0. The normalized spacial score (nSPS) is 20.5. The first kappa shape index (κ1) is 53.0. The van der Waals surface area contributed by atoms with Gasteiger partial charge in [0.25, 0.3) is 0 Å². The molecule has 0 heteroatoms. The highest BCUT2D eigenvalue weighted by molar-refractivity contribution is 4.96. The molecule has 1 aliphatic rings. The van der Waals surface area contributed by atoms with Gasteiger partial charge in [0.1, 0.15) is 0 Å². The molecule has 0 saturated heterocycles. The second kappa shape index (κ2) is 35.9. The van der Waals surface area contributed by atoms with Crippen molar-refractivity contribution in [2.24, 2.45) is 59.2 Å². The molecular weight excluding hydrogens is 661 g/mol. The van der Waals surface area contributed by atoms with Gasteiger partial charge in [-0.3, -0.25) is 0 Å².